The van der Waals surface area contributed by atoms with Gasteiger partial charge in [-0.15, -0.1) is 0 Å². The Hall–Kier alpha value is -1.79. The molecule has 0 spiro atoms. The molecule has 2 amide bonds. The topological polar surface area (TPSA) is 86.9 Å². The van der Waals surface area contributed by atoms with E-state index in [1.54, 1.807) is 12.1 Å². The second-order valence-electron chi connectivity index (χ2n) is 5.17. The van der Waals surface area contributed by atoms with Crippen molar-refractivity contribution in [2.45, 2.75) is 19.0 Å². The Morgan fingerprint density at radius 2 is 2.05 bits per heavy atom. The van der Waals surface area contributed by atoms with Crippen molar-refractivity contribution < 1.29 is 14.7 Å². The number of hydrogen-bond donors (Lipinski definition) is 2. The third kappa shape index (κ3) is 4.34. The van der Waals surface area contributed by atoms with E-state index in [2.05, 4.69) is 0 Å². The van der Waals surface area contributed by atoms with Crippen molar-refractivity contribution in [2.75, 3.05) is 19.6 Å². The zero-order valence-corrected chi connectivity index (χ0v) is 12.3. The summed E-state index contributed by atoms with van der Waals surface area (Å²) in [6, 6.07) is 7.36. The van der Waals surface area contributed by atoms with Crippen molar-refractivity contribution in [3.05, 3.63) is 34.9 Å². The van der Waals surface area contributed by atoms with Gasteiger partial charge in [0, 0.05) is 30.7 Å². The Labute approximate surface area is 128 Å². The van der Waals surface area contributed by atoms with Gasteiger partial charge in [0.1, 0.15) is 0 Å². The molecule has 1 heterocycles. The Morgan fingerprint density at radius 1 is 1.38 bits per heavy atom. The van der Waals surface area contributed by atoms with Gasteiger partial charge in [-0.05, 0) is 24.1 Å². The third-order valence-corrected chi connectivity index (χ3v) is 3.86. The lowest BCUT2D eigenvalue weighted by molar-refractivity contribution is -0.119. The quantitative estimate of drug-likeness (QED) is 0.860. The molecule has 1 fully saturated rings. The molecule has 0 radical (unpaired) electrons. The molecule has 21 heavy (non-hydrogen) atoms. The number of rotatable bonds is 5. The van der Waals surface area contributed by atoms with Crippen LogP contribution in [0, 0.1) is 0 Å². The lowest BCUT2D eigenvalue weighted by Gasteiger charge is -2.27. The minimum Gasteiger partial charge on any atom is -0.465 e. The van der Waals surface area contributed by atoms with Gasteiger partial charge < -0.3 is 15.7 Å². The Bertz CT molecular complexity index is 521. The molecule has 114 valence electrons. The van der Waals surface area contributed by atoms with E-state index in [-0.39, 0.29) is 12.6 Å². The first kappa shape index (κ1) is 15.6. The average Bonchev–Trinajstić information content (AvgIpc) is 2.90. The van der Waals surface area contributed by atoms with Gasteiger partial charge in [-0.3, -0.25) is 9.69 Å². The van der Waals surface area contributed by atoms with Crippen molar-refractivity contribution in [1.29, 1.82) is 0 Å². The molecule has 1 unspecified atom stereocenters. The van der Waals surface area contributed by atoms with E-state index in [1.165, 1.54) is 4.90 Å². The maximum absolute atomic E-state index is 11.3. The molecular weight excluding hydrogens is 294 g/mol. The van der Waals surface area contributed by atoms with Crippen LogP contribution >= 0.6 is 11.6 Å². The van der Waals surface area contributed by atoms with Crippen LogP contribution < -0.4 is 5.73 Å². The fourth-order valence-corrected chi connectivity index (χ4v) is 2.68. The predicted molar refractivity (Wildman–Crippen MR) is 79.1 cm³/mol. The van der Waals surface area contributed by atoms with E-state index in [4.69, 9.17) is 22.4 Å². The van der Waals surface area contributed by atoms with Crippen LogP contribution in [0.15, 0.2) is 24.3 Å². The number of hydrogen-bond acceptors (Lipinski definition) is 3. The smallest absolute Gasteiger partial charge is 0.407 e. The molecule has 0 saturated carbocycles. The van der Waals surface area contributed by atoms with Crippen LogP contribution in [0.2, 0.25) is 5.02 Å². The molecule has 0 aliphatic carbocycles. The standard InChI is InChI=1S/C14H18ClN3O3/c15-11-3-1-10(2-4-11)7-18(9-13(16)19)12-5-6-17(8-12)14(20)21/h1-4,12H,5-9H2,(H2,16,19)(H,20,21). The van der Waals surface area contributed by atoms with Gasteiger partial charge in [-0.25, -0.2) is 4.79 Å². The molecule has 1 aromatic rings. The van der Waals surface area contributed by atoms with Gasteiger partial charge >= 0.3 is 6.09 Å². The van der Waals surface area contributed by atoms with Crippen LogP contribution in [0.25, 0.3) is 0 Å². The highest BCUT2D eigenvalue weighted by atomic mass is 35.5. The minimum absolute atomic E-state index is 0.00396. The summed E-state index contributed by atoms with van der Waals surface area (Å²) in [6.07, 6.45) is -0.226. The number of likely N-dealkylation sites (tertiary alicyclic amines) is 1. The van der Waals surface area contributed by atoms with E-state index in [1.807, 2.05) is 17.0 Å². The Morgan fingerprint density at radius 3 is 2.57 bits per heavy atom. The zero-order valence-electron chi connectivity index (χ0n) is 11.5. The zero-order chi connectivity index (χ0) is 15.4. The summed E-state index contributed by atoms with van der Waals surface area (Å²) in [5.74, 6) is -0.419. The molecule has 6 nitrogen and oxygen atoms in total. The van der Waals surface area contributed by atoms with E-state index < -0.39 is 12.0 Å². The fourth-order valence-electron chi connectivity index (χ4n) is 2.55. The van der Waals surface area contributed by atoms with Gasteiger partial charge in [0.05, 0.1) is 6.54 Å². The Balaban J connectivity index is 2.06. The molecule has 7 heteroatoms. The lowest BCUT2D eigenvalue weighted by atomic mass is 10.1. The first-order chi connectivity index (χ1) is 9.95. The summed E-state index contributed by atoms with van der Waals surface area (Å²) >= 11 is 5.85. The molecule has 0 bridgehead atoms. The van der Waals surface area contributed by atoms with Crippen LogP contribution in [-0.2, 0) is 11.3 Å². The fraction of sp³-hybridized carbons (Fsp3) is 0.429. The number of benzene rings is 1. The summed E-state index contributed by atoms with van der Waals surface area (Å²) in [7, 11) is 0. The van der Waals surface area contributed by atoms with Gasteiger partial charge in [-0.1, -0.05) is 23.7 Å². The van der Waals surface area contributed by atoms with Crippen LogP contribution in [0.1, 0.15) is 12.0 Å². The molecule has 1 saturated heterocycles. The molecule has 2 rings (SSSR count). The monoisotopic (exact) mass is 311 g/mol. The highest BCUT2D eigenvalue weighted by Gasteiger charge is 2.30. The first-order valence-corrected chi connectivity index (χ1v) is 7.08. The van der Waals surface area contributed by atoms with Crippen LogP contribution in [0.4, 0.5) is 4.79 Å². The van der Waals surface area contributed by atoms with Crippen LogP contribution in [0.3, 0.4) is 0 Å². The summed E-state index contributed by atoms with van der Waals surface area (Å²) in [6.45, 7) is 1.53. The molecular formula is C14H18ClN3O3. The van der Waals surface area contributed by atoms with Crippen molar-refractivity contribution in [1.82, 2.24) is 9.80 Å². The first-order valence-electron chi connectivity index (χ1n) is 6.70. The van der Waals surface area contributed by atoms with E-state index >= 15 is 0 Å². The molecule has 1 aliphatic rings. The number of halogens is 1. The van der Waals surface area contributed by atoms with E-state index in [9.17, 15) is 9.59 Å². The van der Waals surface area contributed by atoms with Gasteiger partial charge in [0.15, 0.2) is 0 Å². The van der Waals surface area contributed by atoms with Gasteiger partial charge in [-0.2, -0.15) is 0 Å². The normalized spacial score (nSPS) is 18.2. The number of carboxylic acid groups (broad SMARTS) is 1. The number of carbonyl (C=O) groups excluding carboxylic acids is 1. The van der Waals surface area contributed by atoms with Crippen LogP contribution in [0.5, 0.6) is 0 Å². The molecule has 3 N–H and O–H groups in total. The highest BCUT2D eigenvalue weighted by molar-refractivity contribution is 6.30. The summed E-state index contributed by atoms with van der Waals surface area (Å²) in [5.41, 5.74) is 6.31. The third-order valence-electron chi connectivity index (χ3n) is 3.61. The summed E-state index contributed by atoms with van der Waals surface area (Å²) < 4.78 is 0. The number of nitrogens with zero attached hydrogens (tertiary/aromatic N) is 2. The average molecular weight is 312 g/mol. The van der Waals surface area contributed by atoms with E-state index in [0.717, 1.165) is 5.56 Å². The van der Waals surface area contributed by atoms with E-state index in [0.29, 0.717) is 31.1 Å². The minimum atomic E-state index is -0.928. The SMILES string of the molecule is NC(=O)CN(Cc1ccc(Cl)cc1)C1CCN(C(=O)O)C1. The number of amides is 2. The van der Waals surface area contributed by atoms with Crippen LogP contribution in [-0.4, -0.2) is 52.6 Å². The molecule has 0 aromatic heterocycles. The summed E-state index contributed by atoms with van der Waals surface area (Å²) in [4.78, 5) is 25.5. The van der Waals surface area contributed by atoms with Gasteiger partial charge in [0.25, 0.3) is 0 Å². The number of primary amides is 1. The van der Waals surface area contributed by atoms with Gasteiger partial charge in [0.2, 0.25) is 5.91 Å². The maximum atomic E-state index is 11.3. The van der Waals surface area contributed by atoms with Crippen molar-refractivity contribution >= 4 is 23.6 Å². The molecule has 1 aliphatic heterocycles. The van der Waals surface area contributed by atoms with Crippen molar-refractivity contribution in [3.63, 3.8) is 0 Å². The maximum Gasteiger partial charge on any atom is 0.407 e. The van der Waals surface area contributed by atoms with Crippen molar-refractivity contribution in [3.8, 4) is 0 Å². The second kappa shape index (κ2) is 6.78. The summed E-state index contributed by atoms with van der Waals surface area (Å²) in [5, 5.41) is 9.67. The number of nitrogens with two attached hydrogens (primary N) is 1. The number of carbonyl (C=O) groups is 2. The molecule has 1 atom stereocenters. The Kier molecular flexibility index (Phi) is 5.03. The predicted octanol–water partition coefficient (Wildman–Crippen LogP) is 1.38. The lowest BCUT2D eigenvalue weighted by Crippen LogP contribution is -2.42. The molecule has 1 aromatic carbocycles. The second-order valence-corrected chi connectivity index (χ2v) is 5.61. The highest BCUT2D eigenvalue weighted by Crippen LogP contribution is 2.19. The largest absolute Gasteiger partial charge is 0.465 e. The van der Waals surface area contributed by atoms with Crippen molar-refractivity contribution in [2.24, 2.45) is 5.73 Å².